The van der Waals surface area contributed by atoms with Gasteiger partial charge in [-0.15, -0.1) is 11.8 Å². The van der Waals surface area contributed by atoms with E-state index in [4.69, 9.17) is 10.8 Å². The van der Waals surface area contributed by atoms with Crippen molar-refractivity contribution in [2.75, 3.05) is 0 Å². The summed E-state index contributed by atoms with van der Waals surface area (Å²) in [6.07, 6.45) is 0.526. The Bertz CT molecular complexity index is 581. The van der Waals surface area contributed by atoms with E-state index < -0.39 is 40.7 Å². The Morgan fingerprint density at radius 2 is 2.00 bits per heavy atom. The summed E-state index contributed by atoms with van der Waals surface area (Å²) in [5.41, 5.74) is 5.36. The first-order valence-corrected chi connectivity index (χ1v) is 8.45. The normalized spacial score (nSPS) is 28.7. The molecule has 5 N–H and O–H groups in total. The van der Waals surface area contributed by atoms with E-state index in [1.807, 2.05) is 0 Å². The zero-order valence-electron chi connectivity index (χ0n) is 13.4. The number of thioether (sulfide) groups is 1. The molecule has 0 bridgehead atoms. The first kappa shape index (κ1) is 18.5. The van der Waals surface area contributed by atoms with Crippen molar-refractivity contribution >= 4 is 35.5 Å². The Morgan fingerprint density at radius 3 is 2.54 bits per heavy atom. The van der Waals surface area contributed by atoms with Crippen LogP contribution >= 0.6 is 11.8 Å². The fraction of sp³-hybridized carbons (Fsp3) is 0.714. The summed E-state index contributed by atoms with van der Waals surface area (Å²) in [5, 5.41) is 20.2. The largest absolute Gasteiger partial charge is 0.480 e. The maximum atomic E-state index is 12.2. The third-order valence-corrected chi connectivity index (χ3v) is 5.80. The number of nitrogens with two attached hydrogens (primary N) is 1. The van der Waals surface area contributed by atoms with Crippen LogP contribution in [0, 0.1) is 0 Å². The van der Waals surface area contributed by atoms with Crippen LogP contribution in [-0.2, 0) is 19.2 Å². The van der Waals surface area contributed by atoms with Crippen molar-refractivity contribution in [3.63, 3.8) is 0 Å². The van der Waals surface area contributed by atoms with Gasteiger partial charge in [-0.3, -0.25) is 14.4 Å². The Morgan fingerprint density at radius 1 is 1.38 bits per heavy atom. The van der Waals surface area contributed by atoms with E-state index in [0.717, 1.165) is 0 Å². The highest BCUT2D eigenvalue weighted by Crippen LogP contribution is 2.50. The smallest absolute Gasteiger partial charge is 0.327 e. The molecular weight excluding hydrogens is 338 g/mol. The second-order valence-corrected chi connectivity index (χ2v) is 8.25. The van der Waals surface area contributed by atoms with Gasteiger partial charge in [0, 0.05) is 11.2 Å². The van der Waals surface area contributed by atoms with Crippen LogP contribution in [0.4, 0.5) is 0 Å². The summed E-state index contributed by atoms with van der Waals surface area (Å²) >= 11 is 1.35. The maximum Gasteiger partial charge on any atom is 0.327 e. The summed E-state index contributed by atoms with van der Waals surface area (Å²) in [5.74, 6) is -2.95. The van der Waals surface area contributed by atoms with E-state index in [1.54, 1.807) is 13.8 Å². The van der Waals surface area contributed by atoms with Crippen LogP contribution in [-0.4, -0.2) is 67.1 Å². The van der Waals surface area contributed by atoms with Crippen LogP contribution in [0.3, 0.4) is 0 Å². The molecule has 2 fully saturated rings. The van der Waals surface area contributed by atoms with Crippen LogP contribution in [0.5, 0.6) is 0 Å². The molecule has 10 heteroatoms. The predicted molar refractivity (Wildman–Crippen MR) is 85.1 cm³/mol. The number of amides is 2. The second kappa shape index (κ2) is 6.60. The average Bonchev–Trinajstić information content (AvgIpc) is 2.73. The summed E-state index contributed by atoms with van der Waals surface area (Å²) in [6.45, 7) is 3.52. The first-order chi connectivity index (χ1) is 11.1. The number of fused-ring (bicyclic) bond motifs is 1. The highest BCUT2D eigenvalue weighted by atomic mass is 32.2. The number of carbonyl (C=O) groups excluding carboxylic acids is 2. The van der Waals surface area contributed by atoms with Crippen molar-refractivity contribution in [2.45, 2.75) is 61.4 Å². The Kier molecular flexibility index (Phi) is 5.09. The molecule has 0 aromatic heterocycles. The zero-order chi connectivity index (χ0) is 18.2. The Labute approximate surface area is 142 Å². The lowest BCUT2D eigenvalue weighted by atomic mass is 9.96. The van der Waals surface area contributed by atoms with Gasteiger partial charge in [0.1, 0.15) is 23.5 Å². The van der Waals surface area contributed by atoms with Gasteiger partial charge >= 0.3 is 11.9 Å². The predicted octanol–water partition coefficient (Wildman–Crippen LogP) is -0.800. The molecule has 2 aliphatic heterocycles. The maximum absolute atomic E-state index is 12.2. The van der Waals surface area contributed by atoms with Gasteiger partial charge in [-0.25, -0.2) is 4.79 Å². The number of rotatable bonds is 7. The van der Waals surface area contributed by atoms with Gasteiger partial charge < -0.3 is 26.2 Å². The minimum Gasteiger partial charge on any atom is -0.480 e. The van der Waals surface area contributed by atoms with Gasteiger partial charge in [0.05, 0.1) is 0 Å². The third kappa shape index (κ3) is 3.34. The number of nitrogens with one attached hydrogen (secondary N) is 1. The number of hydrogen-bond donors (Lipinski definition) is 4. The van der Waals surface area contributed by atoms with E-state index >= 15 is 0 Å². The van der Waals surface area contributed by atoms with E-state index in [9.17, 15) is 24.3 Å². The van der Waals surface area contributed by atoms with Gasteiger partial charge in [-0.05, 0) is 26.7 Å². The molecule has 24 heavy (non-hydrogen) atoms. The average molecular weight is 359 g/mol. The van der Waals surface area contributed by atoms with Gasteiger partial charge in [0.2, 0.25) is 11.8 Å². The van der Waals surface area contributed by atoms with Gasteiger partial charge in [0.15, 0.2) is 0 Å². The molecule has 2 amide bonds. The SMILES string of the molecule is CC1(C)S[C@@H]2[C@H](NC(=O)CCC[C@H](N)C(=O)O)C(=O)N2[C@@H]1C(=O)O. The number of carbonyl (C=O) groups is 4. The van der Waals surface area contributed by atoms with Crippen molar-refractivity contribution in [3.8, 4) is 0 Å². The molecule has 134 valence electrons. The number of hydrogen-bond acceptors (Lipinski definition) is 6. The summed E-state index contributed by atoms with van der Waals surface area (Å²) < 4.78 is -0.639. The van der Waals surface area contributed by atoms with Gasteiger partial charge in [-0.1, -0.05) is 0 Å². The van der Waals surface area contributed by atoms with Crippen molar-refractivity contribution in [1.82, 2.24) is 10.2 Å². The molecule has 2 aliphatic rings. The van der Waals surface area contributed by atoms with Gasteiger partial charge in [-0.2, -0.15) is 0 Å². The van der Waals surface area contributed by atoms with Crippen LogP contribution in [0.1, 0.15) is 33.1 Å². The molecule has 0 unspecified atom stereocenters. The van der Waals surface area contributed by atoms with Crippen molar-refractivity contribution < 1.29 is 29.4 Å². The Balaban J connectivity index is 1.87. The number of aliphatic carboxylic acids is 2. The molecule has 2 heterocycles. The molecular formula is C14H21N3O6S. The fourth-order valence-electron chi connectivity index (χ4n) is 3.00. The van der Waals surface area contributed by atoms with E-state index in [1.165, 1.54) is 16.7 Å². The van der Waals surface area contributed by atoms with Crippen molar-refractivity contribution in [2.24, 2.45) is 5.73 Å². The lowest BCUT2D eigenvalue weighted by Crippen LogP contribution is -2.70. The zero-order valence-corrected chi connectivity index (χ0v) is 14.2. The summed E-state index contributed by atoms with van der Waals surface area (Å²) in [6, 6.07) is -2.66. The fourth-order valence-corrected chi connectivity index (χ4v) is 4.62. The molecule has 9 nitrogen and oxygen atoms in total. The van der Waals surface area contributed by atoms with Crippen LogP contribution in [0.2, 0.25) is 0 Å². The highest BCUT2D eigenvalue weighted by Gasteiger charge is 2.64. The molecule has 0 saturated carbocycles. The molecule has 0 aliphatic carbocycles. The van der Waals surface area contributed by atoms with Crippen LogP contribution in [0.25, 0.3) is 0 Å². The second-order valence-electron chi connectivity index (χ2n) is 6.48. The topological polar surface area (TPSA) is 150 Å². The number of β-lactam (4-membered cyclic amide) rings is 1. The molecule has 2 rings (SSSR count). The number of carboxylic acid groups (broad SMARTS) is 2. The monoisotopic (exact) mass is 359 g/mol. The third-order valence-electron chi connectivity index (χ3n) is 4.23. The van der Waals surface area contributed by atoms with Crippen molar-refractivity contribution in [1.29, 1.82) is 0 Å². The van der Waals surface area contributed by atoms with Crippen LogP contribution < -0.4 is 11.1 Å². The minimum atomic E-state index is -1.12. The molecule has 0 spiro atoms. The molecule has 0 aromatic rings. The van der Waals surface area contributed by atoms with E-state index in [0.29, 0.717) is 6.42 Å². The first-order valence-electron chi connectivity index (χ1n) is 7.57. The Hall–Kier alpha value is -1.81. The van der Waals surface area contributed by atoms with E-state index in [-0.39, 0.29) is 24.1 Å². The van der Waals surface area contributed by atoms with Crippen LogP contribution in [0.15, 0.2) is 0 Å². The molecule has 4 atom stereocenters. The molecule has 2 saturated heterocycles. The molecule has 0 aromatic carbocycles. The van der Waals surface area contributed by atoms with E-state index in [2.05, 4.69) is 5.32 Å². The van der Waals surface area contributed by atoms with Crippen molar-refractivity contribution in [3.05, 3.63) is 0 Å². The standard InChI is InChI=1S/C14H21N3O6S/c1-14(2)9(13(22)23)17-10(19)8(11(17)24-14)16-7(18)5-3-4-6(15)12(20)21/h6,8-9,11H,3-5,15H2,1-2H3,(H,16,18)(H,20,21)(H,22,23)/t6-,8+,9+,11+/m0/s1. The lowest BCUT2D eigenvalue weighted by Gasteiger charge is -2.43. The van der Waals surface area contributed by atoms with Gasteiger partial charge in [0.25, 0.3) is 0 Å². The number of nitrogens with zero attached hydrogens (tertiary/aromatic N) is 1. The highest BCUT2D eigenvalue weighted by molar-refractivity contribution is 8.01. The quantitative estimate of drug-likeness (QED) is 0.431. The lowest BCUT2D eigenvalue weighted by molar-refractivity contribution is -0.161. The number of carboxylic acids is 2. The molecule has 0 radical (unpaired) electrons. The summed E-state index contributed by atoms with van der Waals surface area (Å²) in [7, 11) is 0. The summed E-state index contributed by atoms with van der Waals surface area (Å²) in [4.78, 5) is 47.4. The minimum absolute atomic E-state index is 0.0634.